The number of carboxylic acid groups (broad SMARTS) is 1. The molecule has 0 radical (unpaired) electrons. The van der Waals surface area contributed by atoms with Crippen LogP contribution in [0.3, 0.4) is 0 Å². The second-order valence-electron chi connectivity index (χ2n) is 3.48. The Labute approximate surface area is 87.7 Å². The molecule has 2 N–H and O–H groups in total. The van der Waals surface area contributed by atoms with E-state index in [0.29, 0.717) is 0 Å². The minimum atomic E-state index is -1.10. The fourth-order valence-electron chi connectivity index (χ4n) is 1.68. The largest absolute Gasteiger partial charge is 0.480 e. The summed E-state index contributed by atoms with van der Waals surface area (Å²) < 4.78 is 0. The normalized spacial score (nSPS) is 22.5. The fraction of sp³-hybridized carbons (Fsp3) is 0.600. The molecule has 5 heteroatoms. The number of likely N-dealkylation sites (tertiary alicyclic amines) is 1. The van der Waals surface area contributed by atoms with E-state index in [1.165, 1.54) is 4.90 Å². The number of carbonyl (C=O) groups is 2. The van der Waals surface area contributed by atoms with Crippen LogP contribution in [0.1, 0.15) is 12.8 Å². The predicted octanol–water partition coefficient (Wildman–Crippen LogP) is -0.696. The monoisotopic (exact) mass is 211 g/mol. The number of hydrogen-bond acceptors (Lipinski definition) is 3. The number of hydrogen-bond donors (Lipinski definition) is 2. The number of carbonyl (C=O) groups excluding carboxylic acids is 1. The van der Waals surface area contributed by atoms with Crippen LogP contribution in [0.15, 0.2) is 0 Å². The minimum Gasteiger partial charge on any atom is -0.480 e. The van der Waals surface area contributed by atoms with E-state index in [1.54, 1.807) is 0 Å². The average molecular weight is 211 g/mol. The fourth-order valence-corrected chi connectivity index (χ4v) is 1.68. The van der Waals surface area contributed by atoms with Crippen LogP contribution >= 0.6 is 0 Å². The third kappa shape index (κ3) is 2.48. The molecule has 0 aromatic heterocycles. The summed E-state index contributed by atoms with van der Waals surface area (Å²) in [7, 11) is 0. The molecule has 1 fully saturated rings. The number of aliphatic hydroxyl groups excluding tert-OH is 1. The predicted molar refractivity (Wildman–Crippen MR) is 51.8 cm³/mol. The molecule has 1 aliphatic rings. The van der Waals surface area contributed by atoms with Crippen LogP contribution in [0.5, 0.6) is 0 Å². The summed E-state index contributed by atoms with van der Waals surface area (Å²) in [4.78, 5) is 23.5. The molecule has 0 aromatic carbocycles. The van der Waals surface area contributed by atoms with Gasteiger partial charge in [0.15, 0.2) is 0 Å². The summed E-state index contributed by atoms with van der Waals surface area (Å²) in [6.45, 7) is 0.00771. The molecule has 0 spiro atoms. The van der Waals surface area contributed by atoms with Crippen LogP contribution in [-0.4, -0.2) is 46.2 Å². The van der Waals surface area contributed by atoms with Crippen LogP contribution in [0.25, 0.3) is 0 Å². The van der Waals surface area contributed by atoms with Gasteiger partial charge in [0.05, 0.1) is 0 Å². The lowest BCUT2D eigenvalue weighted by atomic mass is 10.1. The van der Waals surface area contributed by atoms with E-state index in [-0.39, 0.29) is 37.8 Å². The molecule has 1 saturated heterocycles. The number of carboxylic acids is 1. The molecule has 82 valence electrons. The number of nitrogens with zero attached hydrogens (tertiary/aromatic N) is 1. The zero-order valence-corrected chi connectivity index (χ0v) is 8.22. The Balaban J connectivity index is 2.73. The molecular weight excluding hydrogens is 198 g/mol. The van der Waals surface area contributed by atoms with Crippen LogP contribution in [0.2, 0.25) is 0 Å². The summed E-state index contributed by atoms with van der Waals surface area (Å²) in [5.41, 5.74) is 0. The zero-order chi connectivity index (χ0) is 11.4. The van der Waals surface area contributed by atoms with Crippen molar-refractivity contribution >= 4 is 11.9 Å². The molecule has 1 unspecified atom stereocenters. The first-order chi connectivity index (χ1) is 7.10. The highest BCUT2D eigenvalue weighted by molar-refractivity contribution is 5.85. The van der Waals surface area contributed by atoms with Gasteiger partial charge in [0.1, 0.15) is 6.04 Å². The van der Waals surface area contributed by atoms with Gasteiger partial charge in [0.2, 0.25) is 5.91 Å². The lowest BCUT2D eigenvalue weighted by molar-refractivity contribution is -0.148. The lowest BCUT2D eigenvalue weighted by Crippen LogP contribution is -2.42. The molecule has 1 heterocycles. The van der Waals surface area contributed by atoms with E-state index in [2.05, 4.69) is 5.92 Å². The van der Waals surface area contributed by atoms with Gasteiger partial charge in [-0.1, -0.05) is 0 Å². The maximum atomic E-state index is 11.4. The number of amides is 1. The molecule has 5 nitrogen and oxygen atoms in total. The van der Waals surface area contributed by atoms with Crippen molar-refractivity contribution in [2.45, 2.75) is 18.9 Å². The molecule has 1 aliphatic heterocycles. The molecule has 1 amide bonds. The smallest absolute Gasteiger partial charge is 0.326 e. The summed E-state index contributed by atoms with van der Waals surface area (Å²) in [6, 6.07) is -0.958. The number of terminal acetylenes is 1. The van der Waals surface area contributed by atoms with Crippen molar-refractivity contribution in [3.8, 4) is 12.3 Å². The van der Waals surface area contributed by atoms with Gasteiger partial charge in [-0.05, 0) is 0 Å². The highest BCUT2D eigenvalue weighted by atomic mass is 16.4. The third-order valence-corrected chi connectivity index (χ3v) is 2.46. The van der Waals surface area contributed by atoms with Crippen molar-refractivity contribution in [3.05, 3.63) is 0 Å². The van der Waals surface area contributed by atoms with Crippen molar-refractivity contribution in [2.24, 2.45) is 5.92 Å². The van der Waals surface area contributed by atoms with Crippen LogP contribution in [-0.2, 0) is 9.59 Å². The molecule has 0 bridgehead atoms. The van der Waals surface area contributed by atoms with Gasteiger partial charge < -0.3 is 15.1 Å². The second kappa shape index (κ2) is 4.80. The van der Waals surface area contributed by atoms with E-state index in [4.69, 9.17) is 16.6 Å². The second-order valence-corrected chi connectivity index (χ2v) is 3.48. The van der Waals surface area contributed by atoms with Crippen molar-refractivity contribution in [2.75, 3.05) is 13.2 Å². The van der Waals surface area contributed by atoms with E-state index >= 15 is 0 Å². The van der Waals surface area contributed by atoms with E-state index < -0.39 is 12.0 Å². The Bertz CT molecular complexity index is 307. The van der Waals surface area contributed by atoms with E-state index in [1.807, 2.05) is 0 Å². The van der Waals surface area contributed by atoms with Gasteiger partial charge in [-0.15, -0.1) is 12.3 Å². The van der Waals surface area contributed by atoms with Gasteiger partial charge in [-0.25, -0.2) is 4.79 Å². The molecular formula is C10H13NO4. The minimum absolute atomic E-state index is 0.0400. The standard InChI is InChI=1S/C10H13NO4/c1-2-7-5-9(13)11(6-7)8(3-4-12)10(14)15/h1,7-8,12H,3-6H2,(H,14,15)/t7?,8-/m0/s1. The Morgan fingerprint density at radius 1 is 1.73 bits per heavy atom. The first kappa shape index (κ1) is 11.5. The van der Waals surface area contributed by atoms with Crippen LogP contribution in [0.4, 0.5) is 0 Å². The zero-order valence-electron chi connectivity index (χ0n) is 8.22. The van der Waals surface area contributed by atoms with E-state index in [9.17, 15) is 9.59 Å². The Hall–Kier alpha value is -1.54. The molecule has 0 saturated carbocycles. The van der Waals surface area contributed by atoms with Crippen LogP contribution in [0, 0.1) is 18.3 Å². The van der Waals surface area contributed by atoms with Crippen molar-refractivity contribution in [3.63, 3.8) is 0 Å². The van der Waals surface area contributed by atoms with Crippen molar-refractivity contribution < 1.29 is 19.8 Å². The van der Waals surface area contributed by atoms with Gasteiger partial charge >= 0.3 is 5.97 Å². The van der Waals surface area contributed by atoms with Gasteiger partial charge in [0.25, 0.3) is 0 Å². The van der Waals surface area contributed by atoms with E-state index in [0.717, 1.165) is 0 Å². The molecule has 0 aromatic rings. The SMILES string of the molecule is C#CC1CC(=O)N([C@@H](CCO)C(=O)O)C1. The maximum absolute atomic E-state index is 11.4. The van der Waals surface area contributed by atoms with Crippen molar-refractivity contribution in [1.29, 1.82) is 0 Å². The molecule has 1 rings (SSSR count). The maximum Gasteiger partial charge on any atom is 0.326 e. The summed E-state index contributed by atoms with van der Waals surface area (Å²) in [6.07, 6.45) is 5.42. The molecule has 0 aliphatic carbocycles. The lowest BCUT2D eigenvalue weighted by Gasteiger charge is -2.23. The summed E-state index contributed by atoms with van der Waals surface area (Å²) in [5, 5.41) is 17.6. The summed E-state index contributed by atoms with van der Waals surface area (Å²) >= 11 is 0. The highest BCUT2D eigenvalue weighted by Gasteiger charge is 2.36. The topological polar surface area (TPSA) is 77.8 Å². The Morgan fingerprint density at radius 3 is 2.80 bits per heavy atom. The molecule has 15 heavy (non-hydrogen) atoms. The quantitative estimate of drug-likeness (QED) is 0.603. The Kier molecular flexibility index (Phi) is 3.69. The number of aliphatic hydroxyl groups is 1. The first-order valence-corrected chi connectivity index (χ1v) is 4.69. The third-order valence-electron chi connectivity index (χ3n) is 2.46. The molecule has 2 atom stereocenters. The highest BCUT2D eigenvalue weighted by Crippen LogP contribution is 2.20. The summed E-state index contributed by atoms with van der Waals surface area (Å²) in [5.74, 6) is 0.879. The average Bonchev–Trinajstić information content (AvgIpc) is 2.55. The van der Waals surface area contributed by atoms with Gasteiger partial charge in [-0.3, -0.25) is 4.79 Å². The Morgan fingerprint density at radius 2 is 2.40 bits per heavy atom. The van der Waals surface area contributed by atoms with Crippen LogP contribution < -0.4 is 0 Å². The number of aliphatic carboxylic acids is 1. The number of rotatable bonds is 4. The van der Waals surface area contributed by atoms with Gasteiger partial charge in [-0.2, -0.15) is 0 Å². The van der Waals surface area contributed by atoms with Gasteiger partial charge in [0, 0.05) is 31.9 Å². The first-order valence-electron chi connectivity index (χ1n) is 4.69. The van der Waals surface area contributed by atoms with Crippen molar-refractivity contribution in [1.82, 2.24) is 4.90 Å².